The van der Waals surface area contributed by atoms with Crippen LogP contribution in [0, 0.1) is 15.3 Å². The Labute approximate surface area is 117 Å². The van der Waals surface area contributed by atoms with E-state index in [1.54, 1.807) is 6.07 Å². The smallest absolute Gasteiger partial charge is 0.138 e. The summed E-state index contributed by atoms with van der Waals surface area (Å²) in [5, 5.41) is 3.37. The van der Waals surface area contributed by atoms with Crippen LogP contribution in [0.3, 0.4) is 0 Å². The lowest BCUT2D eigenvalue weighted by atomic mass is 9.99. The molecule has 1 atom stereocenters. The van der Waals surface area contributed by atoms with Crippen molar-refractivity contribution in [1.29, 1.82) is 0 Å². The van der Waals surface area contributed by atoms with Crippen LogP contribution < -0.4 is 5.32 Å². The van der Waals surface area contributed by atoms with Gasteiger partial charge in [0.25, 0.3) is 0 Å². The summed E-state index contributed by atoms with van der Waals surface area (Å²) in [6.45, 7) is 5.38. The van der Waals surface area contributed by atoms with Gasteiger partial charge in [-0.05, 0) is 47.1 Å². The van der Waals surface area contributed by atoms with Gasteiger partial charge in [0.2, 0.25) is 0 Å². The molecule has 0 saturated carbocycles. The predicted octanol–water partition coefficient (Wildman–Crippen LogP) is 5.06. The fourth-order valence-electron chi connectivity index (χ4n) is 1.84. The molecule has 1 aromatic rings. The monoisotopic (exact) mass is 349 g/mol. The molecule has 96 valence electrons. The van der Waals surface area contributed by atoms with Gasteiger partial charge in [0.05, 0.1) is 9.26 Å². The third-order valence-electron chi connectivity index (χ3n) is 3.08. The Morgan fingerprint density at radius 2 is 2.12 bits per heavy atom. The summed E-state index contributed by atoms with van der Waals surface area (Å²) in [6, 6.07) is 5.20. The minimum atomic E-state index is -0.141. The van der Waals surface area contributed by atoms with Crippen molar-refractivity contribution in [3.63, 3.8) is 0 Å². The largest absolute Gasteiger partial charge is 0.384 e. The number of nitrogens with one attached hydrogen (secondary N) is 1. The maximum atomic E-state index is 13.3. The molecule has 0 saturated heterocycles. The van der Waals surface area contributed by atoms with E-state index in [0.29, 0.717) is 9.49 Å². The summed E-state index contributed by atoms with van der Waals surface area (Å²) in [6.07, 6.45) is 4.96. The van der Waals surface area contributed by atoms with Crippen LogP contribution >= 0.6 is 22.6 Å². The molecule has 1 unspecified atom stereocenters. The van der Waals surface area contributed by atoms with E-state index in [1.165, 1.54) is 31.7 Å². The molecule has 0 aliphatic carbocycles. The van der Waals surface area contributed by atoms with Crippen molar-refractivity contribution in [1.82, 2.24) is 0 Å². The molecule has 1 N–H and O–H groups in total. The molecular weight excluding hydrogens is 328 g/mol. The van der Waals surface area contributed by atoms with Crippen LogP contribution in [0.25, 0.3) is 0 Å². The lowest BCUT2D eigenvalue weighted by Crippen LogP contribution is -2.14. The first-order chi connectivity index (χ1) is 8.19. The molecule has 0 amide bonds. The van der Waals surface area contributed by atoms with Crippen molar-refractivity contribution in [2.45, 2.75) is 39.5 Å². The zero-order chi connectivity index (χ0) is 12.7. The number of hydrogen-bond donors (Lipinski definition) is 1. The van der Waals surface area contributed by atoms with Gasteiger partial charge in [0.1, 0.15) is 5.82 Å². The molecule has 0 aliphatic heterocycles. The number of halogens is 2. The van der Waals surface area contributed by atoms with Crippen molar-refractivity contribution in [2.24, 2.45) is 5.92 Å². The predicted molar refractivity (Wildman–Crippen MR) is 80.9 cm³/mol. The Balaban J connectivity index is 2.50. The molecule has 0 aliphatic rings. The van der Waals surface area contributed by atoms with Gasteiger partial charge in [-0.25, -0.2) is 4.39 Å². The molecule has 1 aromatic carbocycles. The van der Waals surface area contributed by atoms with Crippen LogP contribution in [0.15, 0.2) is 18.2 Å². The normalized spacial score (nSPS) is 12.5. The zero-order valence-electron chi connectivity index (χ0n) is 10.6. The Bertz CT molecular complexity index is 341. The average molecular weight is 349 g/mol. The molecule has 0 bridgehead atoms. The summed E-state index contributed by atoms with van der Waals surface area (Å²) in [5.41, 5.74) is 0.917. The highest BCUT2D eigenvalue weighted by Crippen LogP contribution is 2.22. The number of benzene rings is 1. The summed E-state index contributed by atoms with van der Waals surface area (Å²) in [5.74, 6) is 0.547. The van der Waals surface area contributed by atoms with Crippen LogP contribution in [-0.2, 0) is 0 Å². The molecule has 1 nitrogen and oxygen atoms in total. The average Bonchev–Trinajstić information content (AvgIpc) is 2.34. The lowest BCUT2D eigenvalue weighted by molar-refractivity contribution is 0.472. The van der Waals surface area contributed by atoms with Crippen molar-refractivity contribution in [3.8, 4) is 0 Å². The molecule has 0 heterocycles. The van der Waals surface area contributed by atoms with Gasteiger partial charge in [-0.1, -0.05) is 39.2 Å². The zero-order valence-corrected chi connectivity index (χ0v) is 12.8. The van der Waals surface area contributed by atoms with Gasteiger partial charge in [0, 0.05) is 6.54 Å². The highest BCUT2D eigenvalue weighted by Gasteiger charge is 2.08. The molecule has 17 heavy (non-hydrogen) atoms. The first-order valence-electron chi connectivity index (χ1n) is 6.36. The van der Waals surface area contributed by atoms with Gasteiger partial charge >= 0.3 is 0 Å². The van der Waals surface area contributed by atoms with Crippen LogP contribution in [0.2, 0.25) is 0 Å². The topological polar surface area (TPSA) is 12.0 Å². The maximum Gasteiger partial charge on any atom is 0.138 e. The number of anilines is 1. The molecule has 0 fully saturated rings. The quantitative estimate of drug-likeness (QED) is 0.679. The highest BCUT2D eigenvalue weighted by atomic mass is 127. The van der Waals surface area contributed by atoms with Crippen LogP contribution in [0.4, 0.5) is 10.1 Å². The van der Waals surface area contributed by atoms with Crippen molar-refractivity contribution < 1.29 is 4.39 Å². The molecule has 0 spiro atoms. The van der Waals surface area contributed by atoms with E-state index >= 15 is 0 Å². The van der Waals surface area contributed by atoms with Crippen LogP contribution in [0.5, 0.6) is 0 Å². The van der Waals surface area contributed by atoms with Crippen LogP contribution in [0.1, 0.15) is 39.5 Å². The number of rotatable bonds is 7. The van der Waals surface area contributed by atoms with Crippen LogP contribution in [-0.4, -0.2) is 6.54 Å². The minimum Gasteiger partial charge on any atom is -0.384 e. The van der Waals surface area contributed by atoms with Gasteiger partial charge in [-0.2, -0.15) is 0 Å². The van der Waals surface area contributed by atoms with Gasteiger partial charge < -0.3 is 5.32 Å². The number of unbranched alkanes of at least 4 members (excludes halogenated alkanes) is 1. The van der Waals surface area contributed by atoms with Crippen molar-refractivity contribution in [3.05, 3.63) is 27.6 Å². The lowest BCUT2D eigenvalue weighted by Gasteiger charge is -2.17. The first-order valence-corrected chi connectivity index (χ1v) is 7.44. The second-order valence-electron chi connectivity index (χ2n) is 4.40. The Hall–Kier alpha value is -0.320. The summed E-state index contributed by atoms with van der Waals surface area (Å²) >= 11 is 2.05. The highest BCUT2D eigenvalue weighted by molar-refractivity contribution is 14.1. The standard InChI is InChI=1S/C14H21FIN/c1-3-5-7-11(4-2)10-17-13-9-6-8-12(15)14(13)16/h6,8-9,11,17H,3-5,7,10H2,1-2H3. The minimum absolute atomic E-state index is 0.141. The molecule has 1 rings (SSSR count). The maximum absolute atomic E-state index is 13.3. The Morgan fingerprint density at radius 1 is 1.35 bits per heavy atom. The first kappa shape index (κ1) is 14.7. The van der Waals surface area contributed by atoms with Gasteiger partial charge in [0.15, 0.2) is 0 Å². The van der Waals surface area contributed by atoms with E-state index in [9.17, 15) is 4.39 Å². The van der Waals surface area contributed by atoms with Gasteiger partial charge in [-0.3, -0.25) is 0 Å². The second-order valence-corrected chi connectivity index (χ2v) is 5.48. The fraction of sp³-hybridized carbons (Fsp3) is 0.571. The van der Waals surface area contributed by atoms with E-state index < -0.39 is 0 Å². The Morgan fingerprint density at radius 3 is 2.76 bits per heavy atom. The van der Waals surface area contributed by atoms with Crippen molar-refractivity contribution >= 4 is 28.3 Å². The SMILES string of the molecule is CCCCC(CC)CNc1cccc(F)c1I. The molecule has 0 aromatic heterocycles. The summed E-state index contributed by atoms with van der Waals surface area (Å²) in [7, 11) is 0. The Kier molecular flexibility index (Phi) is 6.85. The van der Waals surface area contributed by atoms with E-state index in [0.717, 1.165) is 12.2 Å². The van der Waals surface area contributed by atoms with Gasteiger partial charge in [-0.15, -0.1) is 0 Å². The fourth-order valence-corrected chi connectivity index (χ4v) is 2.39. The van der Waals surface area contributed by atoms with E-state index in [4.69, 9.17) is 0 Å². The summed E-state index contributed by atoms with van der Waals surface area (Å²) < 4.78 is 14.0. The molecule has 3 heteroatoms. The van der Waals surface area contributed by atoms with E-state index in [-0.39, 0.29) is 5.82 Å². The third kappa shape index (κ3) is 4.82. The van der Waals surface area contributed by atoms with Crippen molar-refractivity contribution in [2.75, 3.05) is 11.9 Å². The van der Waals surface area contributed by atoms with E-state index in [1.807, 2.05) is 6.07 Å². The molecule has 0 radical (unpaired) electrons. The molecular formula is C14H21FIN. The second kappa shape index (κ2) is 7.90. The summed E-state index contributed by atoms with van der Waals surface area (Å²) in [4.78, 5) is 0. The van der Waals surface area contributed by atoms with E-state index in [2.05, 4.69) is 41.8 Å². The third-order valence-corrected chi connectivity index (χ3v) is 4.17. The number of hydrogen-bond acceptors (Lipinski definition) is 1.